The molecule has 0 saturated carbocycles. The molecule has 1 aromatic rings. The number of nitrogens with two attached hydrogens (primary N) is 1. The molecule has 0 radical (unpaired) electrons. The molecule has 0 bridgehead atoms. The maximum absolute atomic E-state index is 10.8. The summed E-state index contributed by atoms with van der Waals surface area (Å²) >= 11 is 0. The highest BCUT2D eigenvalue weighted by Crippen LogP contribution is 2.04. The number of amides is 1. The fraction of sp³-hybridized carbons (Fsp3) is 0.500. The van der Waals surface area contributed by atoms with Crippen LogP contribution in [0.3, 0.4) is 0 Å². The van der Waals surface area contributed by atoms with Crippen molar-refractivity contribution in [3.8, 4) is 0 Å². The van der Waals surface area contributed by atoms with Crippen molar-refractivity contribution in [2.24, 2.45) is 5.84 Å². The van der Waals surface area contributed by atoms with Crippen LogP contribution < -0.4 is 11.3 Å². The third-order valence-corrected chi connectivity index (χ3v) is 2.11. The molecule has 1 heterocycles. The molecule has 0 aliphatic rings. The van der Waals surface area contributed by atoms with Gasteiger partial charge in [-0.15, -0.1) is 0 Å². The summed E-state index contributed by atoms with van der Waals surface area (Å²) in [5, 5.41) is 0. The van der Waals surface area contributed by atoms with Crippen LogP contribution in [-0.2, 0) is 11.3 Å². The Hall–Kier alpha value is -1.33. The lowest BCUT2D eigenvalue weighted by molar-refractivity contribution is -0.121. The normalized spacial score (nSPS) is 10.6. The fourth-order valence-corrected chi connectivity index (χ4v) is 1.33. The molecule has 1 amide bonds. The summed E-state index contributed by atoms with van der Waals surface area (Å²) in [4.78, 5) is 12.9. The lowest BCUT2D eigenvalue weighted by Gasteiger charge is -2.14. The Labute approximate surface area is 89.2 Å². The van der Waals surface area contributed by atoms with Gasteiger partial charge in [0.05, 0.1) is 12.8 Å². The highest BCUT2D eigenvalue weighted by Gasteiger charge is 2.03. The average Bonchev–Trinajstić information content (AvgIpc) is 2.70. The van der Waals surface area contributed by atoms with Crippen molar-refractivity contribution in [2.45, 2.75) is 19.4 Å². The van der Waals surface area contributed by atoms with E-state index in [0.29, 0.717) is 6.42 Å². The van der Waals surface area contributed by atoms with Gasteiger partial charge in [-0.2, -0.15) is 0 Å². The van der Waals surface area contributed by atoms with Crippen LogP contribution in [0.2, 0.25) is 0 Å². The van der Waals surface area contributed by atoms with Crippen LogP contribution in [0.5, 0.6) is 0 Å². The molecule has 0 aliphatic carbocycles. The molecule has 3 N–H and O–H groups in total. The minimum Gasteiger partial charge on any atom is -0.468 e. The van der Waals surface area contributed by atoms with Gasteiger partial charge in [0.2, 0.25) is 5.91 Å². The molecule has 0 aliphatic heterocycles. The van der Waals surface area contributed by atoms with Gasteiger partial charge in [0.15, 0.2) is 0 Å². The van der Waals surface area contributed by atoms with Gasteiger partial charge < -0.3 is 4.42 Å². The number of hydrazine groups is 1. The molecule has 15 heavy (non-hydrogen) atoms. The first-order chi connectivity index (χ1) is 7.22. The summed E-state index contributed by atoms with van der Waals surface area (Å²) in [5.41, 5.74) is 2.11. The van der Waals surface area contributed by atoms with Gasteiger partial charge in [-0.1, -0.05) is 0 Å². The summed E-state index contributed by atoms with van der Waals surface area (Å²) in [6.07, 6.45) is 2.91. The largest absolute Gasteiger partial charge is 0.468 e. The van der Waals surface area contributed by atoms with E-state index in [1.807, 2.05) is 19.2 Å². The van der Waals surface area contributed by atoms with E-state index in [4.69, 9.17) is 10.3 Å². The maximum atomic E-state index is 10.8. The topological polar surface area (TPSA) is 71.5 Å². The molecule has 1 rings (SSSR count). The Balaban J connectivity index is 2.14. The maximum Gasteiger partial charge on any atom is 0.233 e. The second-order valence-electron chi connectivity index (χ2n) is 3.49. The van der Waals surface area contributed by atoms with Gasteiger partial charge in [0, 0.05) is 6.42 Å². The first-order valence-electron chi connectivity index (χ1n) is 4.92. The molecule has 5 nitrogen and oxygen atoms in total. The van der Waals surface area contributed by atoms with Crippen LogP contribution in [0.1, 0.15) is 18.6 Å². The van der Waals surface area contributed by atoms with Gasteiger partial charge in [0.25, 0.3) is 0 Å². The van der Waals surface area contributed by atoms with Gasteiger partial charge >= 0.3 is 0 Å². The zero-order valence-corrected chi connectivity index (χ0v) is 8.90. The van der Waals surface area contributed by atoms with E-state index >= 15 is 0 Å². The summed E-state index contributed by atoms with van der Waals surface area (Å²) in [6, 6.07) is 3.80. The molecule has 5 heteroatoms. The van der Waals surface area contributed by atoms with E-state index in [1.165, 1.54) is 0 Å². The third kappa shape index (κ3) is 4.62. The Morgan fingerprint density at radius 3 is 3.07 bits per heavy atom. The molecule has 0 fully saturated rings. The predicted molar refractivity (Wildman–Crippen MR) is 56.6 cm³/mol. The number of nitrogens with zero attached hydrogens (tertiary/aromatic N) is 1. The lowest BCUT2D eigenvalue weighted by atomic mass is 10.3. The first-order valence-corrected chi connectivity index (χ1v) is 4.92. The average molecular weight is 211 g/mol. The van der Waals surface area contributed by atoms with E-state index in [2.05, 4.69) is 10.3 Å². The molecule has 0 saturated heterocycles. The number of carbonyl (C=O) groups is 1. The van der Waals surface area contributed by atoms with Crippen LogP contribution in [0, 0.1) is 0 Å². The molecule has 0 aromatic carbocycles. The minimum atomic E-state index is -0.124. The van der Waals surface area contributed by atoms with Crippen LogP contribution in [0.4, 0.5) is 0 Å². The number of nitrogens with one attached hydrogen (secondary N) is 1. The number of furan rings is 1. The highest BCUT2D eigenvalue weighted by molar-refractivity contribution is 5.75. The number of hydrogen-bond acceptors (Lipinski definition) is 4. The van der Waals surface area contributed by atoms with E-state index in [9.17, 15) is 4.79 Å². The van der Waals surface area contributed by atoms with E-state index in [-0.39, 0.29) is 5.91 Å². The zero-order valence-electron chi connectivity index (χ0n) is 8.90. The zero-order chi connectivity index (χ0) is 11.1. The number of carbonyl (C=O) groups excluding carboxylic acids is 1. The Bertz CT molecular complexity index is 285. The number of hydrogen-bond donors (Lipinski definition) is 2. The molecule has 84 valence electrons. The molecule has 0 atom stereocenters. The summed E-state index contributed by atoms with van der Waals surface area (Å²) < 4.78 is 5.21. The predicted octanol–water partition coefficient (Wildman–Crippen LogP) is 0.482. The second kappa shape index (κ2) is 6.21. The SMILES string of the molecule is CN(CCCC(=O)NN)Cc1ccco1. The van der Waals surface area contributed by atoms with Crippen molar-refractivity contribution in [3.63, 3.8) is 0 Å². The van der Waals surface area contributed by atoms with Crippen LogP contribution in [0.15, 0.2) is 22.8 Å². The first kappa shape index (κ1) is 11.7. The third-order valence-electron chi connectivity index (χ3n) is 2.11. The summed E-state index contributed by atoms with van der Waals surface area (Å²) in [6.45, 7) is 1.60. The Morgan fingerprint density at radius 2 is 2.47 bits per heavy atom. The van der Waals surface area contributed by atoms with E-state index in [1.54, 1.807) is 6.26 Å². The van der Waals surface area contributed by atoms with Crippen molar-refractivity contribution in [3.05, 3.63) is 24.2 Å². The van der Waals surface area contributed by atoms with Crippen LogP contribution in [-0.4, -0.2) is 24.4 Å². The smallest absolute Gasteiger partial charge is 0.233 e. The fourth-order valence-electron chi connectivity index (χ4n) is 1.33. The van der Waals surface area contributed by atoms with E-state index < -0.39 is 0 Å². The summed E-state index contributed by atoms with van der Waals surface area (Å²) in [7, 11) is 1.99. The van der Waals surface area contributed by atoms with Crippen molar-refractivity contribution in [1.29, 1.82) is 0 Å². The van der Waals surface area contributed by atoms with Gasteiger partial charge in [-0.05, 0) is 32.1 Å². The quantitative estimate of drug-likeness (QED) is 0.408. The Kier molecular flexibility index (Phi) is 4.86. The summed E-state index contributed by atoms with van der Waals surface area (Å²) in [5.74, 6) is 5.78. The lowest BCUT2D eigenvalue weighted by Crippen LogP contribution is -2.30. The van der Waals surface area contributed by atoms with Crippen LogP contribution in [0.25, 0.3) is 0 Å². The highest BCUT2D eigenvalue weighted by atomic mass is 16.3. The van der Waals surface area contributed by atoms with Crippen molar-refractivity contribution in [2.75, 3.05) is 13.6 Å². The minimum absolute atomic E-state index is 0.124. The van der Waals surface area contributed by atoms with Crippen LogP contribution >= 0.6 is 0 Å². The molecular weight excluding hydrogens is 194 g/mol. The van der Waals surface area contributed by atoms with Crippen molar-refractivity contribution in [1.82, 2.24) is 10.3 Å². The molecule has 1 aromatic heterocycles. The van der Waals surface area contributed by atoms with Gasteiger partial charge in [-0.3, -0.25) is 15.1 Å². The van der Waals surface area contributed by atoms with Crippen molar-refractivity contribution < 1.29 is 9.21 Å². The van der Waals surface area contributed by atoms with Crippen molar-refractivity contribution >= 4 is 5.91 Å². The second-order valence-corrected chi connectivity index (χ2v) is 3.49. The molecule has 0 unspecified atom stereocenters. The standard InChI is InChI=1S/C10H17N3O2/c1-13(6-2-5-10(14)12-11)8-9-4-3-7-15-9/h3-4,7H,2,5-6,8,11H2,1H3,(H,12,14). The Morgan fingerprint density at radius 1 is 1.67 bits per heavy atom. The monoisotopic (exact) mass is 211 g/mol. The molecule has 0 spiro atoms. The van der Waals surface area contributed by atoms with E-state index in [0.717, 1.165) is 25.3 Å². The number of rotatable bonds is 6. The van der Waals surface area contributed by atoms with Gasteiger partial charge in [0.1, 0.15) is 5.76 Å². The van der Waals surface area contributed by atoms with Gasteiger partial charge in [-0.25, -0.2) is 5.84 Å². The molecular formula is C10H17N3O2.